The molecule has 1 N–H and O–H groups in total. The molecule has 0 aliphatic rings. The van der Waals surface area contributed by atoms with Crippen LogP contribution in [0.2, 0.25) is 5.02 Å². The Balaban J connectivity index is 1.54. The maximum absolute atomic E-state index is 12.2. The van der Waals surface area contributed by atoms with Gasteiger partial charge < -0.3 is 5.32 Å². The van der Waals surface area contributed by atoms with E-state index < -0.39 is 0 Å². The Labute approximate surface area is 160 Å². The van der Waals surface area contributed by atoms with Crippen molar-refractivity contribution in [1.29, 1.82) is 0 Å². The Morgan fingerprint density at radius 3 is 2.81 bits per heavy atom. The molecule has 0 fully saturated rings. The van der Waals surface area contributed by atoms with E-state index in [-0.39, 0.29) is 17.7 Å². The maximum Gasteiger partial charge on any atom is 0.230 e. The van der Waals surface area contributed by atoms with Gasteiger partial charge in [0.1, 0.15) is 0 Å². The minimum atomic E-state index is -0.123. The summed E-state index contributed by atoms with van der Waals surface area (Å²) in [5.41, 5.74) is 2.06. The quantitative estimate of drug-likeness (QED) is 0.629. The number of amides is 1. The molecule has 0 bridgehead atoms. The summed E-state index contributed by atoms with van der Waals surface area (Å²) in [6.45, 7) is 2.49. The SMILES string of the molecule is CC(NC(=O)CSc1nnnn1Cc1ccccc1)c1cccc(Cl)c1. The zero-order valence-corrected chi connectivity index (χ0v) is 15.7. The first-order valence-corrected chi connectivity index (χ1v) is 9.46. The summed E-state index contributed by atoms with van der Waals surface area (Å²) >= 11 is 7.31. The van der Waals surface area contributed by atoms with E-state index in [1.807, 2.05) is 61.5 Å². The molecule has 134 valence electrons. The summed E-state index contributed by atoms with van der Waals surface area (Å²) in [5, 5.41) is 15.9. The van der Waals surface area contributed by atoms with Crippen LogP contribution >= 0.6 is 23.4 Å². The predicted molar refractivity (Wildman–Crippen MR) is 102 cm³/mol. The van der Waals surface area contributed by atoms with Gasteiger partial charge in [-0.2, -0.15) is 0 Å². The van der Waals surface area contributed by atoms with Crippen LogP contribution in [0.4, 0.5) is 0 Å². The Hall–Kier alpha value is -2.38. The Morgan fingerprint density at radius 2 is 2.04 bits per heavy atom. The number of hydrogen-bond donors (Lipinski definition) is 1. The number of thioether (sulfide) groups is 1. The summed E-state index contributed by atoms with van der Waals surface area (Å²) < 4.78 is 1.69. The van der Waals surface area contributed by atoms with E-state index in [0.29, 0.717) is 16.7 Å². The molecule has 0 spiro atoms. The first-order chi connectivity index (χ1) is 12.6. The van der Waals surface area contributed by atoms with E-state index in [4.69, 9.17) is 11.6 Å². The van der Waals surface area contributed by atoms with Gasteiger partial charge in [-0.05, 0) is 40.6 Å². The second-order valence-electron chi connectivity index (χ2n) is 5.74. The van der Waals surface area contributed by atoms with Gasteiger partial charge in [-0.1, -0.05) is 65.8 Å². The molecule has 0 radical (unpaired) electrons. The van der Waals surface area contributed by atoms with Crippen molar-refractivity contribution in [2.24, 2.45) is 0 Å². The molecule has 1 atom stereocenters. The van der Waals surface area contributed by atoms with Crippen LogP contribution in [0.15, 0.2) is 59.8 Å². The zero-order valence-electron chi connectivity index (χ0n) is 14.2. The van der Waals surface area contributed by atoms with E-state index in [1.54, 1.807) is 4.68 Å². The van der Waals surface area contributed by atoms with Crippen molar-refractivity contribution < 1.29 is 4.79 Å². The van der Waals surface area contributed by atoms with Gasteiger partial charge in [0.05, 0.1) is 18.3 Å². The van der Waals surface area contributed by atoms with Crippen LogP contribution in [0.3, 0.4) is 0 Å². The largest absolute Gasteiger partial charge is 0.349 e. The Morgan fingerprint density at radius 1 is 1.23 bits per heavy atom. The van der Waals surface area contributed by atoms with E-state index >= 15 is 0 Å². The zero-order chi connectivity index (χ0) is 18.4. The van der Waals surface area contributed by atoms with Crippen LogP contribution in [0.5, 0.6) is 0 Å². The summed E-state index contributed by atoms with van der Waals surface area (Å²) in [7, 11) is 0. The number of benzene rings is 2. The van der Waals surface area contributed by atoms with Crippen molar-refractivity contribution >= 4 is 29.3 Å². The molecule has 3 aromatic rings. The average molecular weight is 388 g/mol. The molecule has 0 aliphatic carbocycles. The fourth-order valence-corrected chi connectivity index (χ4v) is 3.31. The lowest BCUT2D eigenvalue weighted by molar-refractivity contribution is -0.119. The molecular weight excluding hydrogens is 370 g/mol. The van der Waals surface area contributed by atoms with Gasteiger partial charge in [-0.3, -0.25) is 4.79 Å². The van der Waals surface area contributed by atoms with Crippen molar-refractivity contribution in [2.45, 2.75) is 24.7 Å². The van der Waals surface area contributed by atoms with Gasteiger partial charge in [0, 0.05) is 5.02 Å². The van der Waals surface area contributed by atoms with Gasteiger partial charge in [0.2, 0.25) is 11.1 Å². The van der Waals surface area contributed by atoms with Gasteiger partial charge in [-0.25, -0.2) is 4.68 Å². The smallest absolute Gasteiger partial charge is 0.230 e. The summed E-state index contributed by atoms with van der Waals surface area (Å²) in [5.74, 6) is 0.150. The van der Waals surface area contributed by atoms with Crippen molar-refractivity contribution in [1.82, 2.24) is 25.5 Å². The number of carbonyl (C=O) groups is 1. The highest BCUT2D eigenvalue weighted by atomic mass is 35.5. The van der Waals surface area contributed by atoms with Crippen LogP contribution < -0.4 is 5.32 Å². The Kier molecular flexibility index (Phi) is 6.25. The normalized spacial score (nSPS) is 11.9. The van der Waals surface area contributed by atoms with Gasteiger partial charge in [-0.15, -0.1) is 5.10 Å². The molecule has 1 amide bonds. The molecule has 1 heterocycles. The Bertz CT molecular complexity index is 871. The van der Waals surface area contributed by atoms with Gasteiger partial charge in [0.15, 0.2) is 0 Å². The number of carbonyl (C=O) groups excluding carboxylic acids is 1. The molecule has 0 aliphatic heterocycles. The molecule has 1 aromatic heterocycles. The third-order valence-corrected chi connectivity index (χ3v) is 4.92. The first kappa shape index (κ1) is 18.4. The topological polar surface area (TPSA) is 72.7 Å². The van der Waals surface area contributed by atoms with Crippen LogP contribution in [0.25, 0.3) is 0 Å². The highest BCUT2D eigenvalue weighted by Gasteiger charge is 2.13. The number of nitrogens with zero attached hydrogens (tertiary/aromatic N) is 4. The third kappa shape index (κ3) is 5.06. The molecule has 1 unspecified atom stereocenters. The van der Waals surface area contributed by atoms with E-state index in [2.05, 4.69) is 20.8 Å². The maximum atomic E-state index is 12.2. The number of nitrogens with one attached hydrogen (secondary N) is 1. The average Bonchev–Trinajstić information content (AvgIpc) is 3.08. The second-order valence-corrected chi connectivity index (χ2v) is 7.12. The number of halogens is 1. The van der Waals surface area contributed by atoms with Crippen molar-refractivity contribution in [2.75, 3.05) is 5.75 Å². The fourth-order valence-electron chi connectivity index (χ4n) is 2.43. The highest BCUT2D eigenvalue weighted by Crippen LogP contribution is 2.19. The number of rotatable bonds is 7. The van der Waals surface area contributed by atoms with E-state index in [1.165, 1.54) is 11.8 Å². The molecule has 2 aromatic carbocycles. The number of hydrogen-bond acceptors (Lipinski definition) is 5. The summed E-state index contributed by atoms with van der Waals surface area (Å²) in [6.07, 6.45) is 0. The number of aromatic nitrogens is 4. The van der Waals surface area contributed by atoms with Crippen molar-refractivity contribution in [3.05, 3.63) is 70.7 Å². The molecule has 26 heavy (non-hydrogen) atoms. The van der Waals surface area contributed by atoms with Crippen LogP contribution in [0.1, 0.15) is 24.1 Å². The van der Waals surface area contributed by atoms with Crippen LogP contribution in [-0.2, 0) is 11.3 Å². The molecule has 0 saturated heterocycles. The molecule has 0 saturated carbocycles. The summed E-state index contributed by atoms with van der Waals surface area (Å²) in [4.78, 5) is 12.2. The minimum Gasteiger partial charge on any atom is -0.349 e. The van der Waals surface area contributed by atoms with E-state index in [9.17, 15) is 4.79 Å². The standard InChI is InChI=1S/C18H18ClN5OS/c1-13(15-8-5-9-16(19)10-15)20-17(25)12-26-18-21-22-23-24(18)11-14-6-3-2-4-7-14/h2-10,13H,11-12H2,1H3,(H,20,25). The van der Waals surface area contributed by atoms with E-state index in [0.717, 1.165) is 11.1 Å². The second kappa shape index (κ2) is 8.82. The van der Waals surface area contributed by atoms with Gasteiger partial charge >= 0.3 is 0 Å². The van der Waals surface area contributed by atoms with Crippen molar-refractivity contribution in [3.8, 4) is 0 Å². The molecule has 8 heteroatoms. The molecular formula is C18H18ClN5OS. The lowest BCUT2D eigenvalue weighted by atomic mass is 10.1. The minimum absolute atomic E-state index is 0.0864. The van der Waals surface area contributed by atoms with Crippen LogP contribution in [-0.4, -0.2) is 31.9 Å². The van der Waals surface area contributed by atoms with Gasteiger partial charge in [0.25, 0.3) is 0 Å². The van der Waals surface area contributed by atoms with Crippen molar-refractivity contribution in [3.63, 3.8) is 0 Å². The predicted octanol–water partition coefficient (Wildman–Crippen LogP) is 3.34. The summed E-state index contributed by atoms with van der Waals surface area (Å²) in [6, 6.07) is 17.3. The lowest BCUT2D eigenvalue weighted by Gasteiger charge is -2.14. The lowest BCUT2D eigenvalue weighted by Crippen LogP contribution is -2.28. The molecule has 3 rings (SSSR count). The van der Waals surface area contributed by atoms with Crippen LogP contribution in [0, 0.1) is 0 Å². The monoisotopic (exact) mass is 387 g/mol. The third-order valence-electron chi connectivity index (χ3n) is 3.73. The highest BCUT2D eigenvalue weighted by molar-refractivity contribution is 7.99. The fraction of sp³-hybridized carbons (Fsp3) is 0.222. The first-order valence-electron chi connectivity index (χ1n) is 8.09. The molecule has 6 nitrogen and oxygen atoms in total. The number of tetrazole rings is 1.